The number of halogens is 3. The SMILES string of the molecule is O=c1[nH]ncc(NCCc2cc(F)cc(F)c2)c1Br. The molecule has 0 bridgehead atoms. The minimum absolute atomic E-state index is 0.341. The van der Waals surface area contributed by atoms with Crippen LogP contribution in [-0.2, 0) is 6.42 Å². The third kappa shape index (κ3) is 3.60. The average molecular weight is 330 g/mol. The predicted octanol–water partition coefficient (Wildman–Crippen LogP) is 2.47. The highest BCUT2D eigenvalue weighted by Crippen LogP contribution is 2.15. The second-order valence-corrected chi connectivity index (χ2v) is 4.67. The summed E-state index contributed by atoms with van der Waals surface area (Å²) in [6, 6.07) is 3.37. The van der Waals surface area contributed by atoms with Crippen molar-refractivity contribution in [1.82, 2.24) is 10.2 Å². The van der Waals surface area contributed by atoms with E-state index in [4.69, 9.17) is 0 Å². The second-order valence-electron chi connectivity index (χ2n) is 3.88. The van der Waals surface area contributed by atoms with Gasteiger partial charge < -0.3 is 5.32 Å². The quantitative estimate of drug-likeness (QED) is 0.905. The molecule has 100 valence electrons. The molecule has 0 aliphatic heterocycles. The van der Waals surface area contributed by atoms with Gasteiger partial charge in [-0.25, -0.2) is 13.9 Å². The Balaban J connectivity index is 2.00. The lowest BCUT2D eigenvalue weighted by Crippen LogP contribution is -2.13. The van der Waals surface area contributed by atoms with Crippen LogP contribution in [0.3, 0.4) is 0 Å². The van der Waals surface area contributed by atoms with E-state index in [1.807, 2.05) is 0 Å². The number of rotatable bonds is 4. The number of hydrogen-bond donors (Lipinski definition) is 2. The molecule has 2 N–H and O–H groups in total. The fourth-order valence-corrected chi connectivity index (χ4v) is 1.93. The van der Waals surface area contributed by atoms with Crippen LogP contribution in [0.15, 0.2) is 33.7 Å². The maximum absolute atomic E-state index is 13.0. The maximum atomic E-state index is 13.0. The number of H-pyrrole nitrogens is 1. The Morgan fingerprint density at radius 3 is 2.63 bits per heavy atom. The first-order chi connectivity index (χ1) is 9.06. The molecule has 1 heterocycles. The smallest absolute Gasteiger partial charge is 0.280 e. The molecule has 0 amide bonds. The highest BCUT2D eigenvalue weighted by Gasteiger charge is 2.04. The van der Waals surface area contributed by atoms with Crippen LogP contribution < -0.4 is 10.9 Å². The molecule has 4 nitrogen and oxygen atoms in total. The number of hydrogen-bond acceptors (Lipinski definition) is 3. The van der Waals surface area contributed by atoms with Gasteiger partial charge in [0.2, 0.25) is 0 Å². The molecule has 0 atom stereocenters. The van der Waals surface area contributed by atoms with Gasteiger partial charge >= 0.3 is 0 Å². The molecule has 0 fully saturated rings. The van der Waals surface area contributed by atoms with Gasteiger partial charge in [0.25, 0.3) is 5.56 Å². The van der Waals surface area contributed by atoms with E-state index in [9.17, 15) is 13.6 Å². The summed E-state index contributed by atoms with van der Waals surface area (Å²) in [5.41, 5.74) is 0.723. The number of nitrogens with one attached hydrogen (secondary N) is 2. The molecule has 1 aromatic heterocycles. The molecule has 0 aliphatic carbocycles. The number of aromatic nitrogens is 2. The fraction of sp³-hybridized carbons (Fsp3) is 0.167. The summed E-state index contributed by atoms with van der Waals surface area (Å²) in [6.07, 6.45) is 1.88. The zero-order chi connectivity index (χ0) is 13.8. The molecule has 2 rings (SSSR count). The van der Waals surface area contributed by atoms with Crippen molar-refractivity contribution in [3.05, 3.63) is 56.4 Å². The third-order valence-corrected chi connectivity index (χ3v) is 3.23. The van der Waals surface area contributed by atoms with Crippen LogP contribution in [0.4, 0.5) is 14.5 Å². The normalized spacial score (nSPS) is 10.5. The van der Waals surface area contributed by atoms with E-state index in [-0.39, 0.29) is 5.56 Å². The molecule has 0 saturated carbocycles. The Morgan fingerprint density at radius 2 is 1.95 bits per heavy atom. The van der Waals surface area contributed by atoms with Crippen molar-refractivity contribution in [3.63, 3.8) is 0 Å². The first-order valence-corrected chi connectivity index (χ1v) is 6.27. The third-order valence-electron chi connectivity index (χ3n) is 2.45. The van der Waals surface area contributed by atoms with E-state index in [1.54, 1.807) is 0 Å². The van der Waals surface area contributed by atoms with Crippen LogP contribution in [0, 0.1) is 11.6 Å². The highest BCUT2D eigenvalue weighted by molar-refractivity contribution is 9.10. The standard InChI is InChI=1S/C12H10BrF2N3O/c13-11-10(6-17-18-12(11)19)16-2-1-7-3-8(14)5-9(15)4-7/h3-6H,1-2H2,(H2,16,18,19). The van der Waals surface area contributed by atoms with Gasteiger partial charge in [-0.15, -0.1) is 0 Å². The molecule has 0 radical (unpaired) electrons. The van der Waals surface area contributed by atoms with Crippen LogP contribution in [0.2, 0.25) is 0 Å². The van der Waals surface area contributed by atoms with Gasteiger partial charge in [0.1, 0.15) is 16.1 Å². The van der Waals surface area contributed by atoms with Gasteiger partial charge in [0.05, 0.1) is 11.9 Å². The van der Waals surface area contributed by atoms with E-state index < -0.39 is 11.6 Å². The van der Waals surface area contributed by atoms with Crippen LogP contribution in [0.25, 0.3) is 0 Å². The largest absolute Gasteiger partial charge is 0.382 e. The van der Waals surface area contributed by atoms with Crippen LogP contribution in [0.5, 0.6) is 0 Å². The summed E-state index contributed by atoms with van der Waals surface area (Å²) >= 11 is 3.12. The van der Waals surface area contributed by atoms with Gasteiger partial charge in [-0.2, -0.15) is 5.10 Å². The van der Waals surface area contributed by atoms with Crippen molar-refractivity contribution in [2.45, 2.75) is 6.42 Å². The summed E-state index contributed by atoms with van der Waals surface area (Å²) in [5, 5.41) is 8.89. The first kappa shape index (κ1) is 13.7. The fourth-order valence-electron chi connectivity index (χ4n) is 1.60. The zero-order valence-electron chi connectivity index (χ0n) is 9.71. The van der Waals surface area contributed by atoms with Crippen LogP contribution in [0.1, 0.15) is 5.56 Å². The van der Waals surface area contributed by atoms with Gasteiger partial charge in [-0.1, -0.05) is 0 Å². The van der Waals surface area contributed by atoms with E-state index in [2.05, 4.69) is 31.4 Å². The first-order valence-electron chi connectivity index (χ1n) is 5.48. The molecule has 0 saturated heterocycles. The average Bonchev–Trinajstić information content (AvgIpc) is 2.33. The highest BCUT2D eigenvalue weighted by atomic mass is 79.9. The van der Waals surface area contributed by atoms with E-state index in [1.165, 1.54) is 18.3 Å². The lowest BCUT2D eigenvalue weighted by atomic mass is 10.1. The topological polar surface area (TPSA) is 57.8 Å². The van der Waals surface area contributed by atoms with Crippen molar-refractivity contribution in [2.24, 2.45) is 0 Å². The van der Waals surface area contributed by atoms with Crippen LogP contribution >= 0.6 is 15.9 Å². The molecule has 0 aliphatic rings. The van der Waals surface area contributed by atoms with Gasteiger partial charge in [0, 0.05) is 12.6 Å². The van der Waals surface area contributed by atoms with E-state index in [0.29, 0.717) is 28.7 Å². The Hall–Kier alpha value is -1.76. The molecule has 0 unspecified atom stereocenters. The van der Waals surface area contributed by atoms with Crippen molar-refractivity contribution in [1.29, 1.82) is 0 Å². The molecular weight excluding hydrogens is 320 g/mol. The number of aromatic amines is 1. The lowest BCUT2D eigenvalue weighted by molar-refractivity contribution is 0.580. The van der Waals surface area contributed by atoms with Gasteiger partial charge in [-0.05, 0) is 40.0 Å². The Morgan fingerprint density at radius 1 is 1.26 bits per heavy atom. The summed E-state index contributed by atoms with van der Waals surface area (Å²) in [4.78, 5) is 11.3. The molecule has 2 aromatic rings. The Bertz CT molecular complexity index is 625. The number of anilines is 1. The maximum Gasteiger partial charge on any atom is 0.280 e. The van der Waals surface area contributed by atoms with E-state index in [0.717, 1.165) is 6.07 Å². The lowest BCUT2D eigenvalue weighted by Gasteiger charge is -2.07. The summed E-state index contributed by atoms with van der Waals surface area (Å²) in [6.45, 7) is 0.423. The number of benzene rings is 1. The summed E-state index contributed by atoms with van der Waals surface area (Å²) in [5.74, 6) is -1.21. The second kappa shape index (κ2) is 5.92. The molecule has 1 aromatic carbocycles. The van der Waals surface area contributed by atoms with Crippen molar-refractivity contribution >= 4 is 21.6 Å². The predicted molar refractivity (Wildman–Crippen MR) is 71.1 cm³/mol. The van der Waals surface area contributed by atoms with Crippen LogP contribution in [-0.4, -0.2) is 16.7 Å². The molecule has 7 heteroatoms. The Labute approximate surface area is 116 Å². The van der Waals surface area contributed by atoms with E-state index >= 15 is 0 Å². The van der Waals surface area contributed by atoms with Gasteiger partial charge in [-0.3, -0.25) is 4.79 Å². The summed E-state index contributed by atoms with van der Waals surface area (Å²) < 4.78 is 26.3. The molecule has 0 spiro atoms. The number of nitrogens with zero attached hydrogens (tertiary/aromatic N) is 1. The Kier molecular flexibility index (Phi) is 4.26. The van der Waals surface area contributed by atoms with Gasteiger partial charge in [0.15, 0.2) is 0 Å². The van der Waals surface area contributed by atoms with Crippen molar-refractivity contribution < 1.29 is 8.78 Å². The molecular formula is C12H10BrF2N3O. The van der Waals surface area contributed by atoms with Crippen molar-refractivity contribution in [2.75, 3.05) is 11.9 Å². The monoisotopic (exact) mass is 329 g/mol. The molecule has 19 heavy (non-hydrogen) atoms. The summed E-state index contributed by atoms with van der Waals surface area (Å²) in [7, 11) is 0. The minimum atomic E-state index is -0.603. The van der Waals surface area contributed by atoms with Crippen molar-refractivity contribution in [3.8, 4) is 0 Å². The minimum Gasteiger partial charge on any atom is -0.382 e. The zero-order valence-corrected chi connectivity index (χ0v) is 11.3.